The van der Waals surface area contributed by atoms with Crippen LogP contribution in [-0.4, -0.2) is 18.8 Å². The first-order chi connectivity index (χ1) is 7.19. The molecule has 0 aliphatic heterocycles. The van der Waals surface area contributed by atoms with E-state index < -0.39 is 11.6 Å². The molecule has 0 heterocycles. The van der Waals surface area contributed by atoms with Crippen LogP contribution in [0.1, 0.15) is 17.5 Å². The zero-order valence-corrected chi connectivity index (χ0v) is 8.59. The minimum atomic E-state index is -0.466. The molecular weight excluding hydrogens is 202 g/mol. The molecule has 1 rings (SSSR count). The number of benzene rings is 1. The molecule has 0 bridgehead atoms. The van der Waals surface area contributed by atoms with Crippen molar-refractivity contribution in [3.8, 4) is 0 Å². The van der Waals surface area contributed by atoms with Crippen LogP contribution < -0.4 is 0 Å². The third-order valence-electron chi connectivity index (χ3n) is 2.12. The van der Waals surface area contributed by atoms with E-state index in [4.69, 9.17) is 9.84 Å². The average molecular weight is 216 g/mol. The Hall–Kier alpha value is -1.00. The molecule has 2 nitrogen and oxygen atoms in total. The third-order valence-corrected chi connectivity index (χ3v) is 2.12. The van der Waals surface area contributed by atoms with E-state index in [0.717, 1.165) is 6.07 Å². The Kier molecular flexibility index (Phi) is 4.65. The zero-order valence-electron chi connectivity index (χ0n) is 8.59. The first-order valence-electron chi connectivity index (χ1n) is 4.75. The van der Waals surface area contributed by atoms with Gasteiger partial charge in [0.05, 0.1) is 6.61 Å². The molecule has 0 aliphatic carbocycles. The Morgan fingerprint density at radius 2 is 1.80 bits per heavy atom. The van der Waals surface area contributed by atoms with Crippen LogP contribution in [0.4, 0.5) is 8.78 Å². The van der Waals surface area contributed by atoms with Crippen molar-refractivity contribution in [1.82, 2.24) is 0 Å². The molecule has 0 saturated carbocycles. The molecule has 84 valence electrons. The fraction of sp³-hybridized carbons (Fsp3) is 0.455. The summed E-state index contributed by atoms with van der Waals surface area (Å²) >= 11 is 0. The highest BCUT2D eigenvalue weighted by Crippen LogP contribution is 2.17. The van der Waals surface area contributed by atoms with Crippen molar-refractivity contribution in [2.24, 2.45) is 0 Å². The van der Waals surface area contributed by atoms with Crippen LogP contribution in [0.5, 0.6) is 0 Å². The quantitative estimate of drug-likeness (QED) is 0.816. The van der Waals surface area contributed by atoms with Crippen LogP contribution in [0.2, 0.25) is 0 Å². The summed E-state index contributed by atoms with van der Waals surface area (Å²) in [6.45, 7) is 0.0317. The summed E-state index contributed by atoms with van der Waals surface area (Å²) in [5.74, 6) is -0.914. The fourth-order valence-electron chi connectivity index (χ4n) is 1.36. The second-order valence-corrected chi connectivity index (χ2v) is 3.30. The van der Waals surface area contributed by atoms with Crippen molar-refractivity contribution in [1.29, 1.82) is 0 Å². The predicted octanol–water partition coefficient (Wildman–Crippen LogP) is 2.04. The molecule has 0 fully saturated rings. The first kappa shape index (κ1) is 12.1. The molecular formula is C11H14F2O2. The van der Waals surface area contributed by atoms with E-state index >= 15 is 0 Å². The van der Waals surface area contributed by atoms with Gasteiger partial charge in [-0.2, -0.15) is 0 Å². The largest absolute Gasteiger partial charge is 0.396 e. The second kappa shape index (κ2) is 5.78. The van der Waals surface area contributed by atoms with Gasteiger partial charge in [0.25, 0.3) is 0 Å². The van der Waals surface area contributed by atoms with Crippen LogP contribution in [0.3, 0.4) is 0 Å². The minimum Gasteiger partial charge on any atom is -0.396 e. The number of aryl methyl sites for hydroxylation is 1. The molecule has 0 unspecified atom stereocenters. The van der Waals surface area contributed by atoms with Gasteiger partial charge in [-0.15, -0.1) is 0 Å². The molecule has 1 N–H and O–H groups in total. The van der Waals surface area contributed by atoms with E-state index in [1.165, 1.54) is 13.2 Å². The molecule has 0 amide bonds. The standard InChI is InChI=1S/C11H14F2O2/c1-15-7-9-6-10(12)8(3-2-4-14)5-11(9)13/h5-6,14H,2-4,7H2,1H3. The molecule has 0 aromatic heterocycles. The van der Waals surface area contributed by atoms with Gasteiger partial charge in [0.2, 0.25) is 0 Å². The van der Waals surface area contributed by atoms with Gasteiger partial charge in [-0.25, -0.2) is 8.78 Å². The number of ether oxygens (including phenoxy) is 1. The number of halogens is 2. The summed E-state index contributed by atoms with van der Waals surface area (Å²) in [6.07, 6.45) is 0.770. The molecule has 0 aliphatic rings. The average Bonchev–Trinajstić information content (AvgIpc) is 2.21. The lowest BCUT2D eigenvalue weighted by atomic mass is 10.1. The van der Waals surface area contributed by atoms with Crippen molar-refractivity contribution in [3.63, 3.8) is 0 Å². The Morgan fingerprint density at radius 1 is 1.20 bits per heavy atom. The number of aliphatic hydroxyl groups excluding tert-OH is 1. The molecule has 0 spiro atoms. The SMILES string of the molecule is COCc1cc(F)c(CCCO)cc1F. The van der Waals surface area contributed by atoms with Gasteiger partial charge >= 0.3 is 0 Å². The molecule has 0 atom stereocenters. The topological polar surface area (TPSA) is 29.5 Å². The van der Waals surface area contributed by atoms with Gasteiger partial charge in [0.15, 0.2) is 0 Å². The van der Waals surface area contributed by atoms with Gasteiger partial charge < -0.3 is 9.84 Å². The fourth-order valence-corrected chi connectivity index (χ4v) is 1.36. The highest BCUT2D eigenvalue weighted by atomic mass is 19.1. The van der Waals surface area contributed by atoms with Crippen LogP contribution in [0.25, 0.3) is 0 Å². The number of rotatable bonds is 5. The lowest BCUT2D eigenvalue weighted by molar-refractivity contribution is 0.181. The van der Waals surface area contributed by atoms with Crippen molar-refractivity contribution in [2.75, 3.05) is 13.7 Å². The number of methoxy groups -OCH3 is 1. The van der Waals surface area contributed by atoms with Gasteiger partial charge in [-0.05, 0) is 30.5 Å². The Bertz CT molecular complexity index is 327. The van der Waals surface area contributed by atoms with Crippen LogP contribution in [0, 0.1) is 11.6 Å². The van der Waals surface area contributed by atoms with Gasteiger partial charge in [0, 0.05) is 19.3 Å². The van der Waals surface area contributed by atoms with E-state index in [1.807, 2.05) is 0 Å². The van der Waals surface area contributed by atoms with Crippen LogP contribution in [-0.2, 0) is 17.8 Å². The van der Waals surface area contributed by atoms with Crippen molar-refractivity contribution in [2.45, 2.75) is 19.4 Å². The summed E-state index contributed by atoms with van der Waals surface area (Å²) < 4.78 is 31.4. The Morgan fingerprint density at radius 3 is 2.40 bits per heavy atom. The molecule has 0 saturated heterocycles. The van der Waals surface area contributed by atoms with E-state index in [1.54, 1.807) is 0 Å². The monoisotopic (exact) mass is 216 g/mol. The highest BCUT2D eigenvalue weighted by Gasteiger charge is 2.09. The summed E-state index contributed by atoms with van der Waals surface area (Å²) in [6, 6.07) is 2.31. The summed E-state index contributed by atoms with van der Waals surface area (Å²) in [5, 5.41) is 8.59. The Labute approximate surface area is 87.5 Å². The molecule has 1 aromatic carbocycles. The zero-order chi connectivity index (χ0) is 11.3. The van der Waals surface area contributed by atoms with E-state index in [-0.39, 0.29) is 18.8 Å². The van der Waals surface area contributed by atoms with Gasteiger partial charge in [0.1, 0.15) is 11.6 Å². The smallest absolute Gasteiger partial charge is 0.129 e. The molecule has 15 heavy (non-hydrogen) atoms. The first-order valence-corrected chi connectivity index (χ1v) is 4.75. The lowest BCUT2D eigenvalue weighted by Gasteiger charge is -2.06. The number of hydrogen-bond donors (Lipinski definition) is 1. The van der Waals surface area contributed by atoms with Gasteiger partial charge in [-0.1, -0.05) is 0 Å². The maximum atomic E-state index is 13.4. The molecule has 1 aromatic rings. The van der Waals surface area contributed by atoms with E-state index in [0.29, 0.717) is 18.4 Å². The van der Waals surface area contributed by atoms with Crippen LogP contribution >= 0.6 is 0 Å². The van der Waals surface area contributed by atoms with Crippen molar-refractivity contribution in [3.05, 3.63) is 34.9 Å². The van der Waals surface area contributed by atoms with Crippen molar-refractivity contribution < 1.29 is 18.6 Å². The highest BCUT2D eigenvalue weighted by molar-refractivity contribution is 5.26. The second-order valence-electron chi connectivity index (χ2n) is 3.30. The third kappa shape index (κ3) is 3.25. The lowest BCUT2D eigenvalue weighted by Crippen LogP contribution is -2.00. The molecule has 4 heteroatoms. The van der Waals surface area contributed by atoms with Crippen molar-refractivity contribution >= 4 is 0 Å². The van der Waals surface area contributed by atoms with Gasteiger partial charge in [-0.3, -0.25) is 0 Å². The predicted molar refractivity (Wildman–Crippen MR) is 52.5 cm³/mol. The maximum Gasteiger partial charge on any atom is 0.129 e. The van der Waals surface area contributed by atoms with E-state index in [2.05, 4.69) is 0 Å². The normalized spacial score (nSPS) is 10.7. The summed E-state index contributed by atoms with van der Waals surface area (Å²) in [7, 11) is 1.43. The molecule has 0 radical (unpaired) electrons. The minimum absolute atomic E-state index is 0.0269. The number of hydrogen-bond acceptors (Lipinski definition) is 2. The van der Waals surface area contributed by atoms with E-state index in [9.17, 15) is 8.78 Å². The summed E-state index contributed by atoms with van der Waals surface area (Å²) in [4.78, 5) is 0. The van der Waals surface area contributed by atoms with Crippen LogP contribution in [0.15, 0.2) is 12.1 Å². The Balaban J connectivity index is 2.87. The number of aliphatic hydroxyl groups is 1. The summed E-state index contributed by atoms with van der Waals surface area (Å²) in [5.41, 5.74) is 0.504. The maximum absolute atomic E-state index is 13.4.